The number of non-ortho nitro benzene ring substituents is 1. The van der Waals surface area contributed by atoms with Gasteiger partial charge in [-0.1, -0.05) is 23.7 Å². The van der Waals surface area contributed by atoms with Crippen LogP contribution in [0, 0.1) is 17.0 Å². The lowest BCUT2D eigenvalue weighted by atomic mass is 10.2. The summed E-state index contributed by atoms with van der Waals surface area (Å²) in [5.74, 6) is -0.371. The van der Waals surface area contributed by atoms with Gasteiger partial charge in [-0.3, -0.25) is 14.9 Å². The normalized spacial score (nSPS) is 10.3. The molecule has 0 unspecified atom stereocenters. The lowest BCUT2D eigenvalue weighted by molar-refractivity contribution is -0.384. The molecule has 2 rings (SSSR count). The number of amides is 1. The molecule has 3 N–H and O–H groups in total. The van der Waals surface area contributed by atoms with Crippen molar-refractivity contribution >= 4 is 34.6 Å². The lowest BCUT2D eigenvalue weighted by Gasteiger charge is -2.11. The number of halogens is 1. The van der Waals surface area contributed by atoms with Crippen LogP contribution in [0.2, 0.25) is 5.02 Å². The van der Waals surface area contributed by atoms with Crippen LogP contribution in [-0.4, -0.2) is 22.5 Å². The molecule has 24 heavy (non-hydrogen) atoms. The van der Waals surface area contributed by atoms with E-state index in [2.05, 4.69) is 10.6 Å². The molecule has 0 aliphatic rings. The molecule has 0 saturated carbocycles. The molecule has 7 nitrogen and oxygen atoms in total. The number of nitro benzene ring substituents is 1. The van der Waals surface area contributed by atoms with Gasteiger partial charge in [-0.05, 0) is 30.2 Å². The zero-order chi connectivity index (χ0) is 17.7. The number of hydrogen-bond acceptors (Lipinski definition) is 5. The summed E-state index contributed by atoms with van der Waals surface area (Å²) in [7, 11) is 0. The number of rotatable bonds is 6. The molecule has 0 saturated heterocycles. The van der Waals surface area contributed by atoms with Crippen LogP contribution in [0.3, 0.4) is 0 Å². The maximum Gasteiger partial charge on any atom is 0.271 e. The first-order valence-corrected chi connectivity index (χ1v) is 7.46. The second-order valence-electron chi connectivity index (χ2n) is 5.13. The van der Waals surface area contributed by atoms with E-state index in [1.165, 1.54) is 12.1 Å². The second-order valence-corrected chi connectivity index (χ2v) is 5.54. The van der Waals surface area contributed by atoms with E-state index >= 15 is 0 Å². The fourth-order valence-corrected chi connectivity index (χ4v) is 2.22. The van der Waals surface area contributed by atoms with E-state index in [1.807, 2.05) is 0 Å². The Bertz CT molecular complexity index is 780. The van der Waals surface area contributed by atoms with Gasteiger partial charge in [0.1, 0.15) is 0 Å². The number of hydrogen-bond donors (Lipinski definition) is 3. The van der Waals surface area contributed by atoms with Gasteiger partial charge in [0.15, 0.2) is 0 Å². The average Bonchev–Trinajstić information content (AvgIpc) is 2.56. The van der Waals surface area contributed by atoms with Crippen molar-refractivity contribution in [3.05, 3.63) is 62.7 Å². The van der Waals surface area contributed by atoms with Gasteiger partial charge in [0.05, 0.1) is 34.5 Å². The van der Waals surface area contributed by atoms with Crippen molar-refractivity contribution in [3.8, 4) is 0 Å². The minimum absolute atomic E-state index is 0.0727. The second kappa shape index (κ2) is 7.76. The first kappa shape index (κ1) is 17.7. The molecule has 8 heteroatoms. The third kappa shape index (κ3) is 4.43. The van der Waals surface area contributed by atoms with E-state index in [4.69, 9.17) is 16.7 Å². The number of nitrogens with zero attached hydrogens (tertiary/aromatic N) is 1. The van der Waals surface area contributed by atoms with Crippen LogP contribution < -0.4 is 10.6 Å². The Morgan fingerprint density at radius 2 is 2.00 bits per heavy atom. The highest BCUT2D eigenvalue weighted by Gasteiger charge is 2.11. The molecule has 0 aromatic heterocycles. The van der Waals surface area contributed by atoms with Crippen LogP contribution in [0.15, 0.2) is 36.4 Å². The van der Waals surface area contributed by atoms with E-state index in [0.717, 1.165) is 0 Å². The largest absolute Gasteiger partial charge is 0.392 e. The Hall–Kier alpha value is -2.64. The standard InChI is InChI=1S/C16H16ClN3O4/c1-10-2-4-12(20(23)24)7-14(10)19-16(22)8-18-15-6-11(9-21)3-5-13(15)17/h2-7,18,21H,8-9H2,1H3,(H,19,22). The number of aliphatic hydroxyl groups is 1. The minimum atomic E-state index is -0.520. The molecule has 0 spiro atoms. The van der Waals surface area contributed by atoms with E-state index in [0.29, 0.717) is 27.5 Å². The van der Waals surface area contributed by atoms with Gasteiger partial charge in [-0.15, -0.1) is 0 Å². The molecule has 2 aromatic carbocycles. The van der Waals surface area contributed by atoms with Crippen molar-refractivity contribution in [1.29, 1.82) is 0 Å². The molecule has 1 amide bonds. The Morgan fingerprint density at radius 3 is 2.67 bits per heavy atom. The first-order valence-electron chi connectivity index (χ1n) is 7.08. The van der Waals surface area contributed by atoms with Crippen molar-refractivity contribution < 1.29 is 14.8 Å². The monoisotopic (exact) mass is 349 g/mol. The lowest BCUT2D eigenvalue weighted by Crippen LogP contribution is -2.22. The van der Waals surface area contributed by atoms with Crippen LogP contribution in [0.4, 0.5) is 17.1 Å². The molecule has 0 atom stereocenters. The summed E-state index contributed by atoms with van der Waals surface area (Å²) in [5.41, 5.74) is 2.19. The van der Waals surface area contributed by atoms with Gasteiger partial charge in [0.2, 0.25) is 5.91 Å². The number of anilines is 2. The number of carbonyl (C=O) groups is 1. The number of aryl methyl sites for hydroxylation is 1. The van der Waals surface area contributed by atoms with Gasteiger partial charge in [0, 0.05) is 12.1 Å². The molecular formula is C16H16ClN3O4. The quantitative estimate of drug-likeness (QED) is 0.549. The fourth-order valence-electron chi connectivity index (χ4n) is 2.03. The molecule has 0 fully saturated rings. The van der Waals surface area contributed by atoms with Crippen molar-refractivity contribution in [1.82, 2.24) is 0 Å². The van der Waals surface area contributed by atoms with E-state index in [1.54, 1.807) is 31.2 Å². The maximum atomic E-state index is 12.0. The van der Waals surface area contributed by atoms with Crippen molar-refractivity contribution in [2.45, 2.75) is 13.5 Å². The third-order valence-corrected chi connectivity index (χ3v) is 3.69. The van der Waals surface area contributed by atoms with Gasteiger partial charge in [-0.25, -0.2) is 0 Å². The third-order valence-electron chi connectivity index (χ3n) is 3.36. The summed E-state index contributed by atoms with van der Waals surface area (Å²) in [5, 5.41) is 25.8. The number of nitrogens with one attached hydrogen (secondary N) is 2. The van der Waals surface area contributed by atoms with Crippen LogP contribution in [0.25, 0.3) is 0 Å². The smallest absolute Gasteiger partial charge is 0.271 e. The number of benzene rings is 2. The SMILES string of the molecule is Cc1ccc([N+](=O)[O-])cc1NC(=O)CNc1cc(CO)ccc1Cl. The van der Waals surface area contributed by atoms with Gasteiger partial charge in [0.25, 0.3) is 5.69 Å². The molecule has 0 aliphatic carbocycles. The van der Waals surface area contributed by atoms with E-state index in [9.17, 15) is 14.9 Å². The highest BCUT2D eigenvalue weighted by atomic mass is 35.5. The summed E-state index contributed by atoms with van der Waals surface area (Å²) in [4.78, 5) is 22.3. The highest BCUT2D eigenvalue weighted by molar-refractivity contribution is 6.33. The van der Waals surface area contributed by atoms with Crippen LogP contribution in [0.5, 0.6) is 0 Å². The van der Waals surface area contributed by atoms with Gasteiger partial charge < -0.3 is 15.7 Å². The summed E-state index contributed by atoms with van der Waals surface area (Å²) < 4.78 is 0. The highest BCUT2D eigenvalue weighted by Crippen LogP contribution is 2.24. The predicted octanol–water partition coefficient (Wildman–Crippen LogP) is 3.10. The van der Waals surface area contributed by atoms with Crippen LogP contribution in [0.1, 0.15) is 11.1 Å². The predicted molar refractivity (Wildman–Crippen MR) is 92.3 cm³/mol. The Balaban J connectivity index is 2.04. The number of carbonyl (C=O) groups excluding carboxylic acids is 1. The summed E-state index contributed by atoms with van der Waals surface area (Å²) in [6, 6.07) is 9.21. The Kier molecular flexibility index (Phi) is 5.73. The van der Waals surface area contributed by atoms with E-state index in [-0.39, 0.29) is 24.7 Å². The Morgan fingerprint density at radius 1 is 1.25 bits per heavy atom. The van der Waals surface area contributed by atoms with Crippen molar-refractivity contribution in [2.24, 2.45) is 0 Å². The first-order chi connectivity index (χ1) is 11.4. The zero-order valence-electron chi connectivity index (χ0n) is 12.9. The van der Waals surface area contributed by atoms with Crippen molar-refractivity contribution in [3.63, 3.8) is 0 Å². The van der Waals surface area contributed by atoms with Crippen LogP contribution in [-0.2, 0) is 11.4 Å². The topological polar surface area (TPSA) is 105 Å². The molecule has 0 aliphatic heterocycles. The van der Waals surface area contributed by atoms with E-state index < -0.39 is 4.92 Å². The summed E-state index contributed by atoms with van der Waals surface area (Å²) in [6.07, 6.45) is 0. The fraction of sp³-hybridized carbons (Fsp3) is 0.188. The average molecular weight is 350 g/mol. The molecule has 0 radical (unpaired) electrons. The van der Waals surface area contributed by atoms with Crippen LogP contribution >= 0.6 is 11.6 Å². The molecular weight excluding hydrogens is 334 g/mol. The molecule has 126 valence electrons. The molecule has 0 heterocycles. The Labute approximate surface area is 143 Å². The molecule has 2 aromatic rings. The summed E-state index contributed by atoms with van der Waals surface area (Å²) >= 11 is 6.03. The minimum Gasteiger partial charge on any atom is -0.392 e. The van der Waals surface area contributed by atoms with Crippen molar-refractivity contribution in [2.75, 3.05) is 17.2 Å². The van der Waals surface area contributed by atoms with Gasteiger partial charge >= 0.3 is 0 Å². The zero-order valence-corrected chi connectivity index (χ0v) is 13.6. The number of aliphatic hydroxyl groups excluding tert-OH is 1. The molecule has 0 bridgehead atoms. The maximum absolute atomic E-state index is 12.0. The summed E-state index contributed by atoms with van der Waals surface area (Å²) in [6.45, 7) is 1.54. The number of nitro groups is 1. The van der Waals surface area contributed by atoms with Gasteiger partial charge in [-0.2, -0.15) is 0 Å².